The number of carbonyl (C=O) groups excluding carboxylic acids is 2. The maximum absolute atomic E-state index is 12.7. The van der Waals surface area contributed by atoms with Crippen LogP contribution in [0, 0.1) is 5.92 Å². The number of aliphatic hydroxyl groups is 1. The molecule has 0 aliphatic carbocycles. The summed E-state index contributed by atoms with van der Waals surface area (Å²) in [5.41, 5.74) is 0. The molecule has 2 fully saturated rings. The Morgan fingerprint density at radius 3 is 2.65 bits per heavy atom. The summed E-state index contributed by atoms with van der Waals surface area (Å²) in [6.07, 6.45) is 5.19. The van der Waals surface area contributed by atoms with Crippen LogP contribution in [0.3, 0.4) is 0 Å². The zero-order chi connectivity index (χ0) is 14.5. The number of piperidine rings is 2. The van der Waals surface area contributed by atoms with E-state index in [1.807, 2.05) is 11.8 Å². The van der Waals surface area contributed by atoms with E-state index in [2.05, 4.69) is 0 Å². The Labute approximate surface area is 120 Å². The third-order valence-electron chi connectivity index (χ3n) is 4.50. The van der Waals surface area contributed by atoms with Crippen LogP contribution in [0.15, 0.2) is 0 Å². The summed E-state index contributed by atoms with van der Waals surface area (Å²) in [7, 11) is 0. The quantitative estimate of drug-likeness (QED) is 0.840. The summed E-state index contributed by atoms with van der Waals surface area (Å²) in [6.45, 7) is 4.10. The molecule has 5 nitrogen and oxygen atoms in total. The first-order valence-electron chi connectivity index (χ1n) is 7.86. The van der Waals surface area contributed by atoms with Crippen molar-refractivity contribution in [3.63, 3.8) is 0 Å². The third kappa shape index (κ3) is 3.32. The molecule has 2 aliphatic rings. The van der Waals surface area contributed by atoms with Crippen LogP contribution in [0.5, 0.6) is 0 Å². The van der Waals surface area contributed by atoms with Crippen molar-refractivity contribution >= 4 is 11.8 Å². The van der Waals surface area contributed by atoms with Crippen molar-refractivity contribution in [2.45, 2.75) is 51.5 Å². The zero-order valence-electron chi connectivity index (χ0n) is 12.4. The molecule has 0 aromatic heterocycles. The number of hydrogen-bond acceptors (Lipinski definition) is 3. The van der Waals surface area contributed by atoms with Gasteiger partial charge in [-0.05, 0) is 38.0 Å². The minimum absolute atomic E-state index is 0.0822. The Bertz CT molecular complexity index is 359. The molecule has 2 aliphatic heterocycles. The van der Waals surface area contributed by atoms with E-state index in [4.69, 9.17) is 0 Å². The van der Waals surface area contributed by atoms with Crippen molar-refractivity contribution in [2.75, 3.05) is 26.2 Å². The lowest BCUT2D eigenvalue weighted by Gasteiger charge is -2.40. The highest BCUT2D eigenvalue weighted by Crippen LogP contribution is 2.23. The number of nitrogens with zero attached hydrogens (tertiary/aromatic N) is 2. The van der Waals surface area contributed by atoms with Gasteiger partial charge in [0.05, 0.1) is 0 Å². The molecule has 1 N–H and O–H groups in total. The van der Waals surface area contributed by atoms with Crippen molar-refractivity contribution in [1.29, 1.82) is 0 Å². The molecule has 2 saturated heterocycles. The van der Waals surface area contributed by atoms with Crippen LogP contribution in [-0.2, 0) is 9.59 Å². The van der Waals surface area contributed by atoms with Gasteiger partial charge < -0.3 is 14.9 Å². The van der Waals surface area contributed by atoms with Gasteiger partial charge in [0.1, 0.15) is 6.04 Å². The molecule has 0 aromatic rings. The van der Waals surface area contributed by atoms with Gasteiger partial charge in [0.25, 0.3) is 0 Å². The zero-order valence-corrected chi connectivity index (χ0v) is 12.4. The molecule has 2 amide bonds. The highest BCUT2D eigenvalue weighted by molar-refractivity contribution is 5.87. The number of likely N-dealkylation sites (tertiary alicyclic amines) is 2. The van der Waals surface area contributed by atoms with Crippen molar-refractivity contribution < 1.29 is 14.7 Å². The van der Waals surface area contributed by atoms with Crippen LogP contribution in [0.4, 0.5) is 0 Å². The lowest BCUT2D eigenvalue weighted by molar-refractivity contribution is -0.148. The second-order valence-electron chi connectivity index (χ2n) is 5.93. The maximum Gasteiger partial charge on any atom is 0.245 e. The van der Waals surface area contributed by atoms with Crippen molar-refractivity contribution in [1.82, 2.24) is 9.80 Å². The van der Waals surface area contributed by atoms with Gasteiger partial charge in [-0.3, -0.25) is 9.59 Å². The summed E-state index contributed by atoms with van der Waals surface area (Å²) in [4.78, 5) is 28.3. The fourth-order valence-electron chi connectivity index (χ4n) is 3.31. The summed E-state index contributed by atoms with van der Waals surface area (Å²) in [6, 6.07) is -0.270. The van der Waals surface area contributed by atoms with Gasteiger partial charge in [-0.2, -0.15) is 0 Å². The largest absolute Gasteiger partial charge is 0.396 e. The van der Waals surface area contributed by atoms with Crippen molar-refractivity contribution in [3.05, 3.63) is 0 Å². The summed E-state index contributed by atoms with van der Waals surface area (Å²) >= 11 is 0. The number of rotatable bonds is 3. The first-order chi connectivity index (χ1) is 9.67. The van der Waals surface area contributed by atoms with Gasteiger partial charge in [-0.25, -0.2) is 0 Å². The van der Waals surface area contributed by atoms with Crippen LogP contribution >= 0.6 is 0 Å². The van der Waals surface area contributed by atoms with E-state index >= 15 is 0 Å². The summed E-state index contributed by atoms with van der Waals surface area (Å²) in [5.74, 6) is 0.370. The topological polar surface area (TPSA) is 60.9 Å². The Morgan fingerprint density at radius 2 is 1.95 bits per heavy atom. The Balaban J connectivity index is 2.03. The molecular weight excluding hydrogens is 256 g/mol. The van der Waals surface area contributed by atoms with Gasteiger partial charge in [0, 0.05) is 32.7 Å². The van der Waals surface area contributed by atoms with E-state index in [0.717, 1.165) is 38.6 Å². The van der Waals surface area contributed by atoms with E-state index in [-0.39, 0.29) is 30.4 Å². The first kappa shape index (κ1) is 15.3. The van der Waals surface area contributed by atoms with Gasteiger partial charge in [0.15, 0.2) is 0 Å². The molecule has 0 saturated carbocycles. The van der Waals surface area contributed by atoms with Gasteiger partial charge in [-0.15, -0.1) is 0 Å². The molecule has 5 heteroatoms. The second kappa shape index (κ2) is 7.07. The average Bonchev–Trinajstić information content (AvgIpc) is 2.53. The monoisotopic (exact) mass is 282 g/mol. The lowest BCUT2D eigenvalue weighted by atomic mass is 9.96. The van der Waals surface area contributed by atoms with E-state index < -0.39 is 0 Å². The molecule has 0 aromatic carbocycles. The van der Waals surface area contributed by atoms with Gasteiger partial charge in [-0.1, -0.05) is 6.92 Å². The summed E-state index contributed by atoms with van der Waals surface area (Å²) < 4.78 is 0. The van der Waals surface area contributed by atoms with E-state index in [1.54, 1.807) is 4.90 Å². The summed E-state index contributed by atoms with van der Waals surface area (Å²) in [5, 5.41) is 9.28. The molecule has 0 radical (unpaired) electrons. The highest BCUT2D eigenvalue weighted by atomic mass is 16.3. The van der Waals surface area contributed by atoms with Crippen LogP contribution in [0.25, 0.3) is 0 Å². The van der Waals surface area contributed by atoms with E-state index in [0.29, 0.717) is 19.5 Å². The molecule has 20 heavy (non-hydrogen) atoms. The van der Waals surface area contributed by atoms with Crippen LogP contribution in [-0.4, -0.2) is 59.0 Å². The molecule has 2 heterocycles. The standard InChI is InChI=1S/C15H26N2O3/c1-2-14(19)17-9-4-3-7-13(17)15(20)16-8-5-6-12(10-16)11-18/h12-13,18H,2-11H2,1H3. The minimum atomic E-state index is -0.270. The maximum atomic E-state index is 12.7. The fraction of sp³-hybridized carbons (Fsp3) is 0.867. The molecular formula is C15H26N2O3. The van der Waals surface area contributed by atoms with Crippen molar-refractivity contribution in [3.8, 4) is 0 Å². The third-order valence-corrected chi connectivity index (χ3v) is 4.50. The number of amides is 2. The normalized spacial score (nSPS) is 27.5. The fourth-order valence-corrected chi connectivity index (χ4v) is 3.31. The smallest absolute Gasteiger partial charge is 0.245 e. The molecule has 2 rings (SSSR count). The number of carbonyl (C=O) groups is 2. The predicted molar refractivity (Wildman–Crippen MR) is 76.0 cm³/mol. The van der Waals surface area contributed by atoms with Gasteiger partial charge >= 0.3 is 0 Å². The molecule has 2 unspecified atom stereocenters. The number of aliphatic hydroxyl groups excluding tert-OH is 1. The van der Waals surface area contributed by atoms with Crippen molar-refractivity contribution in [2.24, 2.45) is 5.92 Å². The number of hydrogen-bond donors (Lipinski definition) is 1. The van der Waals surface area contributed by atoms with E-state index in [9.17, 15) is 14.7 Å². The SMILES string of the molecule is CCC(=O)N1CCCCC1C(=O)N1CCCC(CO)C1. The molecule has 0 bridgehead atoms. The predicted octanol–water partition coefficient (Wildman–Crippen LogP) is 1.01. The molecule has 114 valence electrons. The molecule has 0 spiro atoms. The average molecular weight is 282 g/mol. The van der Waals surface area contributed by atoms with Crippen LogP contribution in [0.2, 0.25) is 0 Å². The van der Waals surface area contributed by atoms with E-state index in [1.165, 1.54) is 0 Å². The highest BCUT2D eigenvalue weighted by Gasteiger charge is 2.35. The lowest BCUT2D eigenvalue weighted by Crippen LogP contribution is -2.54. The molecule has 2 atom stereocenters. The second-order valence-corrected chi connectivity index (χ2v) is 5.93. The first-order valence-corrected chi connectivity index (χ1v) is 7.86. The van der Waals surface area contributed by atoms with Crippen LogP contribution in [0.1, 0.15) is 45.4 Å². The van der Waals surface area contributed by atoms with Crippen LogP contribution < -0.4 is 0 Å². The Kier molecular flexibility index (Phi) is 5.40. The Morgan fingerprint density at radius 1 is 1.15 bits per heavy atom. The Hall–Kier alpha value is -1.10. The minimum Gasteiger partial charge on any atom is -0.396 e. The van der Waals surface area contributed by atoms with Gasteiger partial charge in [0.2, 0.25) is 11.8 Å².